The van der Waals surface area contributed by atoms with Crippen LogP contribution in [0.3, 0.4) is 0 Å². The predicted octanol–water partition coefficient (Wildman–Crippen LogP) is 3.06. The summed E-state index contributed by atoms with van der Waals surface area (Å²) in [5.74, 6) is 1.30. The van der Waals surface area contributed by atoms with Crippen LogP contribution in [0, 0.1) is 0 Å². The van der Waals surface area contributed by atoms with Crippen molar-refractivity contribution in [1.82, 2.24) is 5.32 Å². The summed E-state index contributed by atoms with van der Waals surface area (Å²) in [5, 5.41) is 7.17. The van der Waals surface area contributed by atoms with Gasteiger partial charge in [0, 0.05) is 11.6 Å². The third-order valence-electron chi connectivity index (χ3n) is 3.40. The Kier molecular flexibility index (Phi) is 5.83. The molecule has 1 heterocycles. The molecule has 4 nitrogen and oxygen atoms in total. The van der Waals surface area contributed by atoms with Gasteiger partial charge in [0.25, 0.3) is 0 Å². The second kappa shape index (κ2) is 7.84. The van der Waals surface area contributed by atoms with Crippen LogP contribution in [0.4, 0.5) is 0 Å². The number of carbonyl (C=O) groups excluding carboxylic acids is 1. The van der Waals surface area contributed by atoms with E-state index in [0.29, 0.717) is 11.5 Å². The lowest BCUT2D eigenvalue weighted by Gasteiger charge is -2.16. The highest BCUT2D eigenvalue weighted by Gasteiger charge is 2.15. The quantitative estimate of drug-likeness (QED) is 0.853. The van der Waals surface area contributed by atoms with Gasteiger partial charge in [0.05, 0.1) is 20.6 Å². The van der Waals surface area contributed by atoms with E-state index in [4.69, 9.17) is 9.47 Å². The van der Waals surface area contributed by atoms with Crippen molar-refractivity contribution in [1.29, 1.82) is 0 Å². The Morgan fingerprint density at radius 1 is 1.23 bits per heavy atom. The zero-order valence-corrected chi connectivity index (χ0v) is 13.9. The lowest BCUT2D eigenvalue weighted by Crippen LogP contribution is -2.35. The average molecular weight is 319 g/mol. The molecule has 0 saturated heterocycles. The van der Waals surface area contributed by atoms with E-state index >= 15 is 0 Å². The van der Waals surface area contributed by atoms with Crippen molar-refractivity contribution in [2.45, 2.75) is 25.8 Å². The first-order valence-corrected chi connectivity index (χ1v) is 8.08. The SMILES string of the molecule is COc1cccc(OC)c1CC(=O)N[C@@H](C)Cc1ccsc1. The summed E-state index contributed by atoms with van der Waals surface area (Å²) in [6.07, 6.45) is 1.07. The fourth-order valence-corrected chi connectivity index (χ4v) is 3.08. The van der Waals surface area contributed by atoms with E-state index in [2.05, 4.69) is 16.8 Å². The normalized spacial score (nSPS) is 11.8. The Balaban J connectivity index is 1.99. The van der Waals surface area contributed by atoms with Gasteiger partial charge in [-0.05, 0) is 47.9 Å². The highest BCUT2D eigenvalue weighted by atomic mass is 32.1. The molecule has 118 valence electrons. The van der Waals surface area contributed by atoms with E-state index in [0.717, 1.165) is 12.0 Å². The minimum absolute atomic E-state index is 0.0365. The van der Waals surface area contributed by atoms with Gasteiger partial charge in [0.2, 0.25) is 5.91 Å². The molecule has 1 aromatic carbocycles. The maximum atomic E-state index is 12.3. The van der Waals surface area contributed by atoms with Crippen LogP contribution >= 0.6 is 11.3 Å². The zero-order chi connectivity index (χ0) is 15.9. The number of benzene rings is 1. The molecule has 1 amide bonds. The molecule has 0 bridgehead atoms. The predicted molar refractivity (Wildman–Crippen MR) is 88.9 cm³/mol. The molecule has 1 atom stereocenters. The molecule has 0 fully saturated rings. The molecule has 5 heteroatoms. The molecule has 1 N–H and O–H groups in total. The molecule has 0 spiro atoms. The van der Waals surface area contributed by atoms with Crippen LogP contribution in [-0.4, -0.2) is 26.2 Å². The molecule has 0 aliphatic carbocycles. The Morgan fingerprint density at radius 3 is 2.45 bits per heavy atom. The van der Waals surface area contributed by atoms with Gasteiger partial charge in [-0.3, -0.25) is 4.79 Å². The summed E-state index contributed by atoms with van der Waals surface area (Å²) in [4.78, 5) is 12.3. The third-order valence-corrected chi connectivity index (χ3v) is 4.13. The minimum Gasteiger partial charge on any atom is -0.496 e. The molecular weight excluding hydrogens is 298 g/mol. The van der Waals surface area contributed by atoms with Gasteiger partial charge in [0.1, 0.15) is 11.5 Å². The Hall–Kier alpha value is -2.01. The summed E-state index contributed by atoms with van der Waals surface area (Å²) >= 11 is 1.67. The van der Waals surface area contributed by atoms with E-state index < -0.39 is 0 Å². The third kappa shape index (κ3) is 4.24. The minimum atomic E-state index is -0.0365. The number of hydrogen-bond donors (Lipinski definition) is 1. The monoisotopic (exact) mass is 319 g/mol. The maximum Gasteiger partial charge on any atom is 0.224 e. The first-order chi connectivity index (χ1) is 10.6. The molecule has 1 aromatic heterocycles. The summed E-state index contributed by atoms with van der Waals surface area (Å²) in [5.41, 5.74) is 2.01. The second-order valence-electron chi connectivity index (χ2n) is 5.12. The van der Waals surface area contributed by atoms with Crippen LogP contribution in [0.2, 0.25) is 0 Å². The van der Waals surface area contributed by atoms with Crippen molar-refractivity contribution in [3.8, 4) is 11.5 Å². The van der Waals surface area contributed by atoms with E-state index in [9.17, 15) is 4.79 Å². The number of hydrogen-bond acceptors (Lipinski definition) is 4. The molecule has 0 saturated carbocycles. The van der Waals surface area contributed by atoms with Gasteiger partial charge in [-0.1, -0.05) is 6.07 Å². The van der Waals surface area contributed by atoms with E-state index in [1.807, 2.05) is 30.5 Å². The van der Waals surface area contributed by atoms with Crippen LogP contribution in [-0.2, 0) is 17.6 Å². The topological polar surface area (TPSA) is 47.6 Å². The Labute approximate surface area is 135 Å². The number of nitrogens with one attached hydrogen (secondary N) is 1. The van der Waals surface area contributed by atoms with Gasteiger partial charge >= 0.3 is 0 Å². The Bertz CT molecular complexity index is 588. The van der Waals surface area contributed by atoms with Crippen molar-refractivity contribution in [2.75, 3.05) is 14.2 Å². The van der Waals surface area contributed by atoms with Crippen LogP contribution in [0.15, 0.2) is 35.0 Å². The summed E-state index contributed by atoms with van der Waals surface area (Å²) in [6, 6.07) is 7.68. The zero-order valence-electron chi connectivity index (χ0n) is 13.1. The molecular formula is C17H21NO3S. The molecule has 22 heavy (non-hydrogen) atoms. The fourth-order valence-electron chi connectivity index (χ4n) is 2.40. The van der Waals surface area contributed by atoms with Gasteiger partial charge in [-0.25, -0.2) is 0 Å². The van der Waals surface area contributed by atoms with Crippen LogP contribution < -0.4 is 14.8 Å². The van der Waals surface area contributed by atoms with Gasteiger partial charge < -0.3 is 14.8 Å². The van der Waals surface area contributed by atoms with Gasteiger partial charge in [-0.15, -0.1) is 0 Å². The molecule has 2 rings (SSSR count). The smallest absolute Gasteiger partial charge is 0.224 e. The van der Waals surface area contributed by atoms with E-state index in [1.165, 1.54) is 5.56 Å². The fraction of sp³-hybridized carbons (Fsp3) is 0.353. The Morgan fingerprint density at radius 2 is 1.91 bits per heavy atom. The maximum absolute atomic E-state index is 12.3. The van der Waals surface area contributed by atoms with Gasteiger partial charge in [0.15, 0.2) is 0 Å². The first kappa shape index (κ1) is 16.4. The standard InChI is InChI=1S/C17H21NO3S/c1-12(9-13-7-8-22-11-13)18-17(19)10-14-15(20-2)5-4-6-16(14)21-3/h4-8,11-12H,9-10H2,1-3H3,(H,18,19)/t12-/m0/s1. The highest BCUT2D eigenvalue weighted by Crippen LogP contribution is 2.28. The number of amides is 1. The summed E-state index contributed by atoms with van der Waals surface area (Å²) < 4.78 is 10.6. The second-order valence-corrected chi connectivity index (χ2v) is 5.90. The lowest BCUT2D eigenvalue weighted by molar-refractivity contribution is -0.121. The van der Waals surface area contributed by atoms with Crippen molar-refractivity contribution in [3.63, 3.8) is 0 Å². The number of ether oxygens (including phenoxy) is 2. The van der Waals surface area contributed by atoms with Crippen molar-refractivity contribution in [3.05, 3.63) is 46.2 Å². The van der Waals surface area contributed by atoms with E-state index in [1.54, 1.807) is 25.6 Å². The summed E-state index contributed by atoms with van der Waals surface area (Å²) in [7, 11) is 3.19. The largest absolute Gasteiger partial charge is 0.496 e. The van der Waals surface area contributed by atoms with E-state index in [-0.39, 0.29) is 18.4 Å². The highest BCUT2D eigenvalue weighted by molar-refractivity contribution is 7.07. The molecule has 2 aromatic rings. The number of thiophene rings is 1. The van der Waals surface area contributed by atoms with Crippen LogP contribution in [0.25, 0.3) is 0 Å². The van der Waals surface area contributed by atoms with Crippen molar-refractivity contribution < 1.29 is 14.3 Å². The van der Waals surface area contributed by atoms with Crippen LogP contribution in [0.1, 0.15) is 18.1 Å². The average Bonchev–Trinajstić information content (AvgIpc) is 2.99. The number of carbonyl (C=O) groups is 1. The molecule has 0 unspecified atom stereocenters. The van der Waals surface area contributed by atoms with Gasteiger partial charge in [-0.2, -0.15) is 11.3 Å². The lowest BCUT2D eigenvalue weighted by atomic mass is 10.1. The summed E-state index contributed by atoms with van der Waals surface area (Å²) in [6.45, 7) is 2.01. The van der Waals surface area contributed by atoms with Crippen molar-refractivity contribution in [2.24, 2.45) is 0 Å². The molecule has 0 aliphatic rings. The number of methoxy groups -OCH3 is 2. The van der Waals surface area contributed by atoms with Crippen LogP contribution in [0.5, 0.6) is 11.5 Å². The molecule has 0 radical (unpaired) electrons. The number of rotatable bonds is 7. The van der Waals surface area contributed by atoms with Crippen molar-refractivity contribution >= 4 is 17.2 Å². The molecule has 0 aliphatic heterocycles. The first-order valence-electron chi connectivity index (χ1n) is 7.14.